The summed E-state index contributed by atoms with van der Waals surface area (Å²) in [6.07, 6.45) is 5.35. The Morgan fingerprint density at radius 1 is 0.960 bits per heavy atom. The van der Waals surface area contributed by atoms with Crippen molar-refractivity contribution in [2.75, 3.05) is 59.1 Å². The monoisotopic (exact) mass is 684 g/mol. The van der Waals surface area contributed by atoms with Crippen LogP contribution in [0.15, 0.2) is 86.0 Å². The van der Waals surface area contributed by atoms with Gasteiger partial charge in [-0.25, -0.2) is 0 Å². The van der Waals surface area contributed by atoms with Gasteiger partial charge in [0.25, 0.3) is 0 Å². The molecule has 10 nitrogen and oxygen atoms in total. The van der Waals surface area contributed by atoms with Crippen molar-refractivity contribution < 1.29 is 29.0 Å². The number of amides is 3. The Bertz CT molecular complexity index is 1520. The molecule has 4 aliphatic rings. The van der Waals surface area contributed by atoms with E-state index in [9.17, 15) is 9.90 Å². The predicted octanol–water partition coefficient (Wildman–Crippen LogP) is 3.31. The number of carbonyl (C=O) groups excluding carboxylic acids is 3. The summed E-state index contributed by atoms with van der Waals surface area (Å²) in [4.78, 5) is 52.4. The summed E-state index contributed by atoms with van der Waals surface area (Å²) in [6.45, 7) is 14.5. The Labute approximate surface area is 296 Å². The molecular weight excluding hydrogens is 632 g/mol. The third-order valence-electron chi connectivity index (χ3n) is 11.4. The molecule has 3 amide bonds. The maximum absolute atomic E-state index is 15.1. The van der Waals surface area contributed by atoms with Crippen molar-refractivity contribution in [3.05, 3.63) is 97.1 Å². The zero-order chi connectivity index (χ0) is 35.3. The van der Waals surface area contributed by atoms with E-state index in [0.29, 0.717) is 71.6 Å². The number of likely N-dealkylation sites (tertiary alicyclic amines) is 1. The maximum atomic E-state index is 15.1. The molecule has 6 rings (SSSR count). The average Bonchev–Trinajstić information content (AvgIpc) is 3.76. The van der Waals surface area contributed by atoms with E-state index >= 15 is 9.59 Å². The van der Waals surface area contributed by atoms with Gasteiger partial charge < -0.3 is 29.3 Å². The normalized spacial score (nSPS) is 27.9. The first kappa shape index (κ1) is 36.0. The number of benzene rings is 2. The van der Waals surface area contributed by atoms with Crippen LogP contribution in [0.4, 0.5) is 0 Å². The van der Waals surface area contributed by atoms with Crippen LogP contribution in [-0.2, 0) is 36.8 Å². The molecule has 6 atom stereocenters. The van der Waals surface area contributed by atoms with Gasteiger partial charge in [0.1, 0.15) is 11.6 Å². The van der Waals surface area contributed by atoms with Gasteiger partial charge in [0.05, 0.1) is 43.3 Å². The number of hydrogen-bond donors (Lipinski definition) is 1. The third-order valence-corrected chi connectivity index (χ3v) is 11.4. The van der Waals surface area contributed by atoms with Crippen LogP contribution in [0.2, 0.25) is 0 Å². The minimum atomic E-state index is -1.21. The van der Waals surface area contributed by atoms with Crippen LogP contribution < -0.4 is 0 Å². The Kier molecular flexibility index (Phi) is 11.2. The van der Waals surface area contributed by atoms with E-state index in [1.165, 1.54) is 0 Å². The number of ether oxygens (including phenoxy) is 2. The highest BCUT2D eigenvalue weighted by molar-refractivity contribution is 5.99. The maximum Gasteiger partial charge on any atom is 0.248 e. The van der Waals surface area contributed by atoms with Crippen LogP contribution in [0.5, 0.6) is 0 Å². The SMILES string of the molecule is C=CCN(CCN1CCOCC1)C(=O)C1N([C@@H](CO)Cc2ccccc2)C(=O)[C@@H]2[C@H](C(=O)N(CC=C)Cc3ccccc3)[C@]3(CC)CCC12O3. The lowest BCUT2D eigenvalue weighted by molar-refractivity contribution is -0.158. The Morgan fingerprint density at radius 3 is 2.22 bits per heavy atom. The molecule has 10 heteroatoms. The van der Waals surface area contributed by atoms with Gasteiger partial charge in [-0.1, -0.05) is 79.7 Å². The quantitative estimate of drug-likeness (QED) is 0.271. The van der Waals surface area contributed by atoms with Crippen LogP contribution >= 0.6 is 0 Å². The highest BCUT2D eigenvalue weighted by atomic mass is 16.5. The molecule has 2 aromatic rings. The van der Waals surface area contributed by atoms with Crippen molar-refractivity contribution in [2.45, 2.75) is 62.4 Å². The van der Waals surface area contributed by atoms with Gasteiger partial charge >= 0.3 is 0 Å². The summed E-state index contributed by atoms with van der Waals surface area (Å²) in [7, 11) is 0. The van der Waals surface area contributed by atoms with Gasteiger partial charge in [-0.2, -0.15) is 0 Å². The number of rotatable bonds is 16. The lowest BCUT2D eigenvalue weighted by Crippen LogP contribution is -2.60. The summed E-state index contributed by atoms with van der Waals surface area (Å²) in [6, 6.07) is 17.8. The standard InChI is InChI=1S/C40H52N4O6/c1-4-19-42(22-21-41-23-25-49-26-24-41)38(48)35-40-18-17-39(6-3,50-40)33(36(46)43(20-5-2)28-31-15-11-8-12-16-31)34(40)37(47)44(35)32(29-45)27-30-13-9-7-10-14-30/h4-5,7-16,32-35,45H,1-2,6,17-29H2,3H3/t32-,33-,34+,35?,39+,40?/m1/s1. The molecule has 0 aliphatic carbocycles. The van der Waals surface area contributed by atoms with E-state index < -0.39 is 35.1 Å². The molecule has 2 bridgehead atoms. The van der Waals surface area contributed by atoms with E-state index in [0.717, 1.165) is 24.2 Å². The van der Waals surface area contributed by atoms with Crippen molar-refractivity contribution >= 4 is 17.7 Å². The van der Waals surface area contributed by atoms with E-state index in [1.54, 1.807) is 26.9 Å². The van der Waals surface area contributed by atoms with Gasteiger partial charge in [0.2, 0.25) is 17.7 Å². The molecule has 4 aliphatic heterocycles. The molecule has 2 unspecified atom stereocenters. The smallest absolute Gasteiger partial charge is 0.248 e. The summed E-state index contributed by atoms with van der Waals surface area (Å²) >= 11 is 0. The lowest BCUT2D eigenvalue weighted by Gasteiger charge is -2.40. The van der Waals surface area contributed by atoms with Crippen LogP contribution in [0.25, 0.3) is 0 Å². The van der Waals surface area contributed by atoms with Crippen LogP contribution in [-0.4, -0.2) is 125 Å². The van der Waals surface area contributed by atoms with Gasteiger partial charge in [0.15, 0.2) is 0 Å². The number of nitrogens with zero attached hydrogens (tertiary/aromatic N) is 4. The first-order valence-electron chi connectivity index (χ1n) is 18.1. The number of morpholine rings is 1. The first-order valence-corrected chi connectivity index (χ1v) is 18.1. The molecule has 4 fully saturated rings. The molecule has 1 N–H and O–H groups in total. The molecule has 4 saturated heterocycles. The Balaban J connectivity index is 1.40. The first-order chi connectivity index (χ1) is 24.3. The van der Waals surface area contributed by atoms with E-state index in [-0.39, 0.29) is 24.3 Å². The van der Waals surface area contributed by atoms with Crippen molar-refractivity contribution in [3.8, 4) is 0 Å². The molecule has 268 valence electrons. The fraction of sp³-hybridized carbons (Fsp3) is 0.525. The number of aliphatic hydroxyl groups excluding tert-OH is 1. The van der Waals surface area contributed by atoms with Crippen molar-refractivity contribution in [3.63, 3.8) is 0 Å². The van der Waals surface area contributed by atoms with E-state index in [2.05, 4.69) is 18.1 Å². The van der Waals surface area contributed by atoms with Gasteiger partial charge in [-0.05, 0) is 36.8 Å². The minimum absolute atomic E-state index is 0.164. The fourth-order valence-corrected chi connectivity index (χ4v) is 8.94. The minimum Gasteiger partial charge on any atom is -0.394 e. The highest BCUT2D eigenvalue weighted by Gasteiger charge is 2.79. The molecule has 4 heterocycles. The molecule has 2 aromatic carbocycles. The average molecular weight is 685 g/mol. The number of fused-ring (bicyclic) bond motifs is 1. The zero-order valence-electron chi connectivity index (χ0n) is 29.3. The Morgan fingerprint density at radius 2 is 1.60 bits per heavy atom. The van der Waals surface area contributed by atoms with Crippen LogP contribution in [0.3, 0.4) is 0 Å². The molecular formula is C40H52N4O6. The van der Waals surface area contributed by atoms with Gasteiger partial charge in [0, 0.05) is 45.8 Å². The summed E-state index contributed by atoms with van der Waals surface area (Å²) in [5, 5.41) is 10.9. The molecule has 50 heavy (non-hydrogen) atoms. The number of hydrogen-bond acceptors (Lipinski definition) is 7. The van der Waals surface area contributed by atoms with E-state index in [1.807, 2.05) is 67.6 Å². The zero-order valence-corrected chi connectivity index (χ0v) is 29.3. The third kappa shape index (κ3) is 6.66. The number of aliphatic hydroxyl groups is 1. The molecule has 0 aromatic heterocycles. The topological polar surface area (TPSA) is 103 Å². The summed E-state index contributed by atoms with van der Waals surface area (Å²) in [5.74, 6) is -2.34. The highest BCUT2D eigenvalue weighted by Crippen LogP contribution is 2.65. The second kappa shape index (κ2) is 15.6. The van der Waals surface area contributed by atoms with Gasteiger partial charge in [-0.15, -0.1) is 13.2 Å². The largest absolute Gasteiger partial charge is 0.394 e. The number of carbonyl (C=O) groups is 3. The molecule has 0 radical (unpaired) electrons. The van der Waals surface area contributed by atoms with E-state index in [4.69, 9.17) is 9.47 Å². The lowest BCUT2D eigenvalue weighted by atomic mass is 9.64. The Hall–Kier alpha value is -3.83. The molecule has 0 saturated carbocycles. The predicted molar refractivity (Wildman–Crippen MR) is 191 cm³/mol. The summed E-state index contributed by atoms with van der Waals surface area (Å²) < 4.78 is 12.6. The van der Waals surface area contributed by atoms with Crippen LogP contribution in [0.1, 0.15) is 37.3 Å². The summed E-state index contributed by atoms with van der Waals surface area (Å²) in [5.41, 5.74) is -0.176. The fourth-order valence-electron chi connectivity index (χ4n) is 8.94. The molecule has 1 spiro atoms. The van der Waals surface area contributed by atoms with Crippen LogP contribution in [0, 0.1) is 11.8 Å². The van der Waals surface area contributed by atoms with Crippen molar-refractivity contribution in [2.24, 2.45) is 11.8 Å². The van der Waals surface area contributed by atoms with Crippen molar-refractivity contribution in [1.29, 1.82) is 0 Å². The second-order valence-electron chi connectivity index (χ2n) is 14.1. The second-order valence-corrected chi connectivity index (χ2v) is 14.1. The van der Waals surface area contributed by atoms with Gasteiger partial charge in [-0.3, -0.25) is 19.3 Å². The van der Waals surface area contributed by atoms with Crippen molar-refractivity contribution in [1.82, 2.24) is 19.6 Å².